The predicted molar refractivity (Wildman–Crippen MR) is 61.6 cm³/mol. The monoisotopic (exact) mass is 336 g/mol. The molecule has 0 fully saturated rings. The highest BCUT2D eigenvalue weighted by Gasteiger charge is 2.42. The van der Waals surface area contributed by atoms with Gasteiger partial charge in [0.2, 0.25) is 0 Å². The van der Waals surface area contributed by atoms with Gasteiger partial charge in [0.15, 0.2) is 12.2 Å². The molecule has 0 rings (SSSR count). The normalized spacial score (nSPS) is 15.5. The SMILES string of the molecule is CCC(OC(=O)/C=C/C(=O)OC(CC)C(F)(F)F)C(F)(F)F. The Bertz CT molecular complexity index is 375. The van der Waals surface area contributed by atoms with Gasteiger partial charge in [-0.1, -0.05) is 13.8 Å². The predicted octanol–water partition coefficient (Wildman–Crippen LogP) is 3.31. The molecule has 0 amide bonds. The third-order valence-corrected chi connectivity index (χ3v) is 2.34. The van der Waals surface area contributed by atoms with Crippen molar-refractivity contribution in [1.29, 1.82) is 0 Å². The molecular formula is C12H14F6O4. The van der Waals surface area contributed by atoms with Crippen molar-refractivity contribution in [1.82, 2.24) is 0 Å². The second-order valence-corrected chi connectivity index (χ2v) is 4.08. The molecule has 0 bridgehead atoms. The van der Waals surface area contributed by atoms with Crippen LogP contribution in [0.2, 0.25) is 0 Å². The molecule has 0 aromatic carbocycles. The lowest BCUT2D eigenvalue weighted by atomic mass is 10.2. The number of carbonyl (C=O) groups excluding carboxylic acids is 2. The van der Waals surface area contributed by atoms with Crippen LogP contribution in [0.15, 0.2) is 12.2 Å². The van der Waals surface area contributed by atoms with Crippen molar-refractivity contribution in [2.45, 2.75) is 51.2 Å². The van der Waals surface area contributed by atoms with E-state index < -0.39 is 49.3 Å². The molecule has 0 saturated heterocycles. The first kappa shape index (κ1) is 20.3. The first-order valence-corrected chi connectivity index (χ1v) is 6.14. The molecule has 0 aliphatic carbocycles. The second-order valence-electron chi connectivity index (χ2n) is 4.08. The summed E-state index contributed by atoms with van der Waals surface area (Å²) in [5, 5.41) is 0. The summed E-state index contributed by atoms with van der Waals surface area (Å²) in [7, 11) is 0. The van der Waals surface area contributed by atoms with Gasteiger partial charge in [-0.3, -0.25) is 0 Å². The molecule has 0 radical (unpaired) electrons. The standard InChI is InChI=1S/C12H14F6O4/c1-3-7(11(13,14)15)21-9(19)5-6-10(20)22-8(4-2)12(16,17)18/h5-8H,3-4H2,1-2H3/b6-5+. The van der Waals surface area contributed by atoms with Gasteiger partial charge in [-0.25, -0.2) is 9.59 Å². The van der Waals surface area contributed by atoms with E-state index in [1.807, 2.05) is 0 Å². The van der Waals surface area contributed by atoms with Gasteiger partial charge in [-0.05, 0) is 12.8 Å². The Morgan fingerprint density at radius 1 is 0.818 bits per heavy atom. The van der Waals surface area contributed by atoms with Crippen LogP contribution >= 0.6 is 0 Å². The minimum Gasteiger partial charge on any atom is -0.450 e. The zero-order chi connectivity index (χ0) is 17.6. The largest absolute Gasteiger partial charge is 0.450 e. The van der Waals surface area contributed by atoms with Gasteiger partial charge >= 0.3 is 24.3 Å². The maximum absolute atomic E-state index is 12.3. The molecule has 0 spiro atoms. The minimum absolute atomic E-state index is 0.278. The minimum atomic E-state index is -4.78. The van der Waals surface area contributed by atoms with Crippen LogP contribution in [-0.4, -0.2) is 36.5 Å². The van der Waals surface area contributed by atoms with Crippen LogP contribution in [0.4, 0.5) is 26.3 Å². The van der Waals surface area contributed by atoms with Crippen molar-refractivity contribution in [2.75, 3.05) is 0 Å². The molecule has 2 atom stereocenters. The molecule has 0 saturated carbocycles. The average molecular weight is 336 g/mol. The van der Waals surface area contributed by atoms with Crippen LogP contribution in [0, 0.1) is 0 Å². The zero-order valence-corrected chi connectivity index (χ0v) is 11.6. The molecule has 2 unspecified atom stereocenters. The van der Waals surface area contributed by atoms with Crippen molar-refractivity contribution < 1.29 is 45.4 Å². The van der Waals surface area contributed by atoms with E-state index >= 15 is 0 Å². The van der Waals surface area contributed by atoms with E-state index in [0.29, 0.717) is 0 Å². The molecule has 0 aromatic heterocycles. The van der Waals surface area contributed by atoms with Crippen LogP contribution < -0.4 is 0 Å². The van der Waals surface area contributed by atoms with Gasteiger partial charge in [-0.2, -0.15) is 26.3 Å². The first-order chi connectivity index (χ1) is 9.91. The summed E-state index contributed by atoms with van der Waals surface area (Å²) < 4.78 is 81.9. The quantitative estimate of drug-likeness (QED) is 0.424. The number of halogens is 6. The van der Waals surface area contributed by atoms with Crippen molar-refractivity contribution in [3.63, 3.8) is 0 Å². The number of rotatable bonds is 6. The number of carbonyl (C=O) groups is 2. The Morgan fingerprint density at radius 2 is 1.09 bits per heavy atom. The van der Waals surface area contributed by atoms with Gasteiger partial charge in [-0.15, -0.1) is 0 Å². The van der Waals surface area contributed by atoms with Gasteiger partial charge in [0.1, 0.15) is 0 Å². The molecule has 128 valence electrons. The summed E-state index contributed by atoms with van der Waals surface area (Å²) in [5.41, 5.74) is 0. The van der Waals surface area contributed by atoms with E-state index in [0.717, 1.165) is 13.8 Å². The molecule has 0 heterocycles. The van der Waals surface area contributed by atoms with Gasteiger partial charge < -0.3 is 9.47 Å². The van der Waals surface area contributed by atoms with Gasteiger partial charge in [0, 0.05) is 12.2 Å². The number of esters is 2. The molecule has 0 aliphatic rings. The van der Waals surface area contributed by atoms with Crippen LogP contribution in [0.25, 0.3) is 0 Å². The van der Waals surface area contributed by atoms with E-state index in [1.165, 1.54) is 0 Å². The summed E-state index contributed by atoms with van der Waals surface area (Å²) in [6.07, 6.45) is -14.8. The van der Waals surface area contributed by atoms with E-state index in [2.05, 4.69) is 9.47 Å². The van der Waals surface area contributed by atoms with Crippen molar-refractivity contribution >= 4 is 11.9 Å². The van der Waals surface area contributed by atoms with E-state index in [1.54, 1.807) is 0 Å². The van der Waals surface area contributed by atoms with Crippen molar-refractivity contribution in [3.8, 4) is 0 Å². The smallest absolute Gasteiger partial charge is 0.425 e. The average Bonchev–Trinajstić information content (AvgIpc) is 2.36. The fraction of sp³-hybridized carbons (Fsp3) is 0.667. The summed E-state index contributed by atoms with van der Waals surface area (Å²) >= 11 is 0. The van der Waals surface area contributed by atoms with Crippen molar-refractivity contribution in [3.05, 3.63) is 12.2 Å². The van der Waals surface area contributed by atoms with Gasteiger partial charge in [0.25, 0.3) is 0 Å². The third-order valence-electron chi connectivity index (χ3n) is 2.34. The first-order valence-electron chi connectivity index (χ1n) is 6.14. The van der Waals surface area contributed by atoms with E-state index in [9.17, 15) is 35.9 Å². The molecule has 22 heavy (non-hydrogen) atoms. The molecular weight excluding hydrogens is 322 g/mol. The summed E-state index contributed by atoms with van der Waals surface area (Å²) in [5.74, 6) is -3.03. The van der Waals surface area contributed by atoms with Gasteiger partial charge in [0.05, 0.1) is 0 Å². The Labute approximate surface area is 122 Å². The fourth-order valence-corrected chi connectivity index (χ4v) is 1.26. The molecule has 10 heteroatoms. The van der Waals surface area contributed by atoms with Crippen LogP contribution in [-0.2, 0) is 19.1 Å². The summed E-state index contributed by atoms with van der Waals surface area (Å²) in [4.78, 5) is 22.2. The van der Waals surface area contributed by atoms with E-state index in [-0.39, 0.29) is 12.2 Å². The molecule has 0 N–H and O–H groups in total. The Morgan fingerprint density at radius 3 is 1.27 bits per heavy atom. The topological polar surface area (TPSA) is 52.6 Å². The maximum atomic E-state index is 12.3. The number of ether oxygens (including phenoxy) is 2. The molecule has 4 nitrogen and oxygen atoms in total. The highest BCUT2D eigenvalue weighted by Crippen LogP contribution is 2.26. The lowest BCUT2D eigenvalue weighted by Crippen LogP contribution is -2.33. The number of alkyl halides is 6. The lowest BCUT2D eigenvalue weighted by Gasteiger charge is -2.18. The Hall–Kier alpha value is -1.74. The van der Waals surface area contributed by atoms with Crippen molar-refractivity contribution in [2.24, 2.45) is 0 Å². The Kier molecular flexibility index (Phi) is 7.41. The zero-order valence-electron chi connectivity index (χ0n) is 11.6. The second kappa shape index (κ2) is 8.04. The van der Waals surface area contributed by atoms with E-state index in [4.69, 9.17) is 0 Å². The Balaban J connectivity index is 4.59. The fourth-order valence-electron chi connectivity index (χ4n) is 1.26. The maximum Gasteiger partial charge on any atom is 0.425 e. The number of hydrogen-bond donors (Lipinski definition) is 0. The van der Waals surface area contributed by atoms with Crippen LogP contribution in [0.3, 0.4) is 0 Å². The summed E-state index contributed by atoms with van der Waals surface area (Å²) in [6, 6.07) is 0. The molecule has 0 aliphatic heterocycles. The highest BCUT2D eigenvalue weighted by molar-refractivity contribution is 5.91. The van der Waals surface area contributed by atoms with Crippen LogP contribution in [0.5, 0.6) is 0 Å². The lowest BCUT2D eigenvalue weighted by molar-refractivity contribution is -0.219. The summed E-state index contributed by atoms with van der Waals surface area (Å²) in [6.45, 7) is 2.25. The highest BCUT2D eigenvalue weighted by atomic mass is 19.4. The van der Waals surface area contributed by atoms with Crippen LogP contribution in [0.1, 0.15) is 26.7 Å². The number of hydrogen-bond acceptors (Lipinski definition) is 4. The molecule has 0 aromatic rings. The third kappa shape index (κ3) is 7.32.